The first-order valence-corrected chi connectivity index (χ1v) is 6.04. The summed E-state index contributed by atoms with van der Waals surface area (Å²) < 4.78 is 43.8. The SMILES string of the molecule is COc1c(C(F)(F)F)cc(Cl)cc1C(C)(C)CC(=O)O. The monoisotopic (exact) mass is 310 g/mol. The van der Waals surface area contributed by atoms with Crippen LogP contribution in [0.1, 0.15) is 31.4 Å². The second-order valence-electron chi connectivity index (χ2n) is 4.99. The van der Waals surface area contributed by atoms with E-state index in [9.17, 15) is 18.0 Å². The molecule has 0 unspecified atom stereocenters. The minimum Gasteiger partial charge on any atom is -0.496 e. The Labute approximate surface area is 119 Å². The molecule has 0 radical (unpaired) electrons. The summed E-state index contributed by atoms with van der Waals surface area (Å²) in [5, 5.41) is 8.76. The van der Waals surface area contributed by atoms with Crippen molar-refractivity contribution in [2.45, 2.75) is 31.9 Å². The molecule has 3 nitrogen and oxygen atoms in total. The molecule has 0 aliphatic rings. The molecule has 0 fully saturated rings. The van der Waals surface area contributed by atoms with E-state index in [0.717, 1.165) is 13.2 Å². The van der Waals surface area contributed by atoms with Gasteiger partial charge in [-0.15, -0.1) is 0 Å². The zero-order valence-electron chi connectivity index (χ0n) is 11.1. The van der Waals surface area contributed by atoms with Gasteiger partial charge in [-0.1, -0.05) is 25.4 Å². The number of hydrogen-bond acceptors (Lipinski definition) is 2. The molecule has 0 aliphatic heterocycles. The normalized spacial score (nSPS) is 12.3. The van der Waals surface area contributed by atoms with E-state index in [4.69, 9.17) is 21.4 Å². The molecule has 0 saturated carbocycles. The molecule has 1 N–H and O–H groups in total. The van der Waals surface area contributed by atoms with Gasteiger partial charge in [-0.25, -0.2) is 0 Å². The molecule has 0 saturated heterocycles. The van der Waals surface area contributed by atoms with E-state index in [0.29, 0.717) is 0 Å². The van der Waals surface area contributed by atoms with Crippen LogP contribution in [0.25, 0.3) is 0 Å². The van der Waals surface area contributed by atoms with Gasteiger partial charge in [0.15, 0.2) is 0 Å². The fourth-order valence-electron chi connectivity index (χ4n) is 2.00. The molecule has 112 valence electrons. The fraction of sp³-hybridized carbons (Fsp3) is 0.462. The van der Waals surface area contributed by atoms with Gasteiger partial charge in [-0.3, -0.25) is 4.79 Å². The lowest BCUT2D eigenvalue weighted by Gasteiger charge is -2.27. The van der Waals surface area contributed by atoms with Crippen LogP contribution in [0, 0.1) is 0 Å². The van der Waals surface area contributed by atoms with Crippen molar-refractivity contribution in [1.29, 1.82) is 0 Å². The van der Waals surface area contributed by atoms with Crippen molar-refractivity contribution in [2.75, 3.05) is 7.11 Å². The smallest absolute Gasteiger partial charge is 0.420 e. The maximum atomic E-state index is 13.0. The topological polar surface area (TPSA) is 46.5 Å². The predicted octanol–water partition coefficient (Wildman–Crippen LogP) is 4.12. The summed E-state index contributed by atoms with van der Waals surface area (Å²) in [6, 6.07) is 2.07. The van der Waals surface area contributed by atoms with Gasteiger partial charge in [-0.2, -0.15) is 13.2 Å². The lowest BCUT2D eigenvalue weighted by Crippen LogP contribution is -2.24. The van der Waals surface area contributed by atoms with E-state index in [1.54, 1.807) is 0 Å². The molecular formula is C13H14ClF3O3. The van der Waals surface area contributed by atoms with Gasteiger partial charge in [0, 0.05) is 16.0 Å². The fourth-order valence-corrected chi connectivity index (χ4v) is 2.22. The summed E-state index contributed by atoms with van der Waals surface area (Å²) in [6.07, 6.45) is -4.98. The number of methoxy groups -OCH3 is 1. The van der Waals surface area contributed by atoms with Crippen LogP contribution in [-0.2, 0) is 16.4 Å². The molecule has 0 atom stereocenters. The first kappa shape index (κ1) is 16.6. The van der Waals surface area contributed by atoms with Crippen molar-refractivity contribution < 1.29 is 27.8 Å². The Kier molecular flexibility index (Phi) is 4.59. The highest BCUT2D eigenvalue weighted by Crippen LogP contribution is 2.44. The van der Waals surface area contributed by atoms with Gasteiger partial charge in [-0.05, 0) is 12.1 Å². The van der Waals surface area contributed by atoms with E-state index >= 15 is 0 Å². The average Bonchev–Trinajstić information content (AvgIpc) is 2.24. The number of alkyl halides is 3. The number of aliphatic carboxylic acids is 1. The quantitative estimate of drug-likeness (QED) is 0.910. The minimum atomic E-state index is -4.63. The molecule has 20 heavy (non-hydrogen) atoms. The summed E-state index contributed by atoms with van der Waals surface area (Å²) in [6.45, 7) is 3.05. The minimum absolute atomic E-state index is 0.113. The van der Waals surface area contributed by atoms with Crippen molar-refractivity contribution in [3.8, 4) is 5.75 Å². The number of rotatable bonds is 4. The molecule has 0 heterocycles. The van der Waals surface area contributed by atoms with Gasteiger partial charge in [0.25, 0.3) is 0 Å². The van der Waals surface area contributed by atoms with Crippen molar-refractivity contribution in [3.05, 3.63) is 28.3 Å². The van der Waals surface area contributed by atoms with Crippen LogP contribution in [-0.4, -0.2) is 18.2 Å². The van der Waals surface area contributed by atoms with Crippen LogP contribution in [0.4, 0.5) is 13.2 Å². The zero-order valence-corrected chi connectivity index (χ0v) is 11.9. The summed E-state index contributed by atoms with van der Waals surface area (Å²) in [5.74, 6) is -1.52. The molecule has 1 rings (SSSR count). The maximum Gasteiger partial charge on any atom is 0.420 e. The predicted molar refractivity (Wildman–Crippen MR) is 68.3 cm³/mol. The average molecular weight is 311 g/mol. The molecule has 0 aromatic heterocycles. The number of hydrogen-bond donors (Lipinski definition) is 1. The van der Waals surface area contributed by atoms with Crippen LogP contribution < -0.4 is 4.74 Å². The van der Waals surface area contributed by atoms with E-state index in [-0.39, 0.29) is 17.0 Å². The van der Waals surface area contributed by atoms with Crippen molar-refractivity contribution >= 4 is 17.6 Å². The van der Waals surface area contributed by atoms with Crippen molar-refractivity contribution in [3.63, 3.8) is 0 Å². The van der Waals surface area contributed by atoms with Gasteiger partial charge in [0.1, 0.15) is 5.75 Å². The number of halogens is 4. The Bertz CT molecular complexity index is 524. The van der Waals surface area contributed by atoms with E-state index in [1.165, 1.54) is 19.9 Å². The first-order chi connectivity index (χ1) is 8.99. The summed E-state index contributed by atoms with van der Waals surface area (Å²) >= 11 is 5.72. The number of carboxylic acid groups (broad SMARTS) is 1. The van der Waals surface area contributed by atoms with Gasteiger partial charge in [0.2, 0.25) is 0 Å². The summed E-state index contributed by atoms with van der Waals surface area (Å²) in [7, 11) is 1.11. The van der Waals surface area contributed by atoms with Crippen LogP contribution >= 0.6 is 11.6 Å². The summed E-state index contributed by atoms with van der Waals surface area (Å²) in [4.78, 5) is 10.9. The third kappa shape index (κ3) is 3.56. The van der Waals surface area contributed by atoms with Crippen LogP contribution in [0.15, 0.2) is 12.1 Å². The number of carbonyl (C=O) groups is 1. The summed E-state index contributed by atoms with van der Waals surface area (Å²) in [5.41, 5.74) is -1.95. The standard InChI is InChI=1S/C13H14ClF3O3/c1-12(2,6-10(18)19)8-4-7(14)5-9(11(8)20-3)13(15,16)17/h4-5H,6H2,1-3H3,(H,18,19). The molecule has 7 heteroatoms. The second-order valence-corrected chi connectivity index (χ2v) is 5.42. The molecule has 0 bridgehead atoms. The Morgan fingerprint density at radius 1 is 1.30 bits per heavy atom. The molecular weight excluding hydrogens is 297 g/mol. The highest BCUT2D eigenvalue weighted by molar-refractivity contribution is 6.30. The molecule has 1 aromatic rings. The Morgan fingerprint density at radius 2 is 1.80 bits per heavy atom. The lowest BCUT2D eigenvalue weighted by molar-refractivity contribution is -0.138. The van der Waals surface area contributed by atoms with E-state index in [2.05, 4.69) is 0 Å². The van der Waals surface area contributed by atoms with Crippen molar-refractivity contribution in [2.24, 2.45) is 0 Å². The van der Waals surface area contributed by atoms with Crippen LogP contribution in [0.3, 0.4) is 0 Å². The zero-order chi connectivity index (χ0) is 15.7. The second kappa shape index (κ2) is 5.52. The number of ether oxygens (including phenoxy) is 1. The largest absolute Gasteiger partial charge is 0.496 e. The van der Waals surface area contributed by atoms with Crippen LogP contribution in [0.2, 0.25) is 5.02 Å². The lowest BCUT2D eigenvalue weighted by atomic mass is 9.80. The number of benzene rings is 1. The van der Waals surface area contributed by atoms with Gasteiger partial charge in [0.05, 0.1) is 19.1 Å². The molecule has 0 amide bonds. The molecule has 0 aliphatic carbocycles. The Hall–Kier alpha value is -1.43. The van der Waals surface area contributed by atoms with E-state index < -0.39 is 28.9 Å². The molecule has 0 spiro atoms. The van der Waals surface area contributed by atoms with Gasteiger partial charge < -0.3 is 9.84 Å². The highest BCUT2D eigenvalue weighted by Gasteiger charge is 2.39. The Morgan fingerprint density at radius 3 is 2.20 bits per heavy atom. The van der Waals surface area contributed by atoms with E-state index in [1.807, 2.05) is 0 Å². The maximum absolute atomic E-state index is 13.0. The number of carboxylic acids is 1. The third-order valence-electron chi connectivity index (χ3n) is 2.89. The molecule has 1 aromatic carbocycles. The van der Waals surface area contributed by atoms with Crippen LogP contribution in [0.5, 0.6) is 5.75 Å². The first-order valence-electron chi connectivity index (χ1n) is 5.66. The third-order valence-corrected chi connectivity index (χ3v) is 3.10. The Balaban J connectivity index is 3.54. The van der Waals surface area contributed by atoms with Gasteiger partial charge >= 0.3 is 12.1 Å². The van der Waals surface area contributed by atoms with Crippen molar-refractivity contribution in [1.82, 2.24) is 0 Å². The highest BCUT2D eigenvalue weighted by atomic mass is 35.5.